The van der Waals surface area contributed by atoms with Crippen molar-refractivity contribution in [3.8, 4) is 0 Å². The van der Waals surface area contributed by atoms with Gasteiger partial charge in [0.1, 0.15) is 0 Å². The molecular formula is C15H25N3O. The molecule has 0 saturated carbocycles. The van der Waals surface area contributed by atoms with Crippen molar-refractivity contribution in [2.24, 2.45) is 0 Å². The first-order valence-corrected chi connectivity index (χ1v) is 6.56. The van der Waals surface area contributed by atoms with Crippen LogP contribution in [0, 0.1) is 0 Å². The van der Waals surface area contributed by atoms with Crippen molar-refractivity contribution >= 4 is 11.6 Å². The predicted octanol–water partition coefficient (Wildman–Crippen LogP) is 1.41. The number of anilines is 1. The van der Waals surface area contributed by atoms with E-state index < -0.39 is 0 Å². The molecule has 0 aromatic heterocycles. The molecular weight excluding hydrogens is 238 g/mol. The number of carbonyl (C=O) groups excluding carboxylic acids is 1. The first-order chi connectivity index (χ1) is 8.84. The lowest BCUT2D eigenvalue weighted by Crippen LogP contribution is -2.47. The van der Waals surface area contributed by atoms with Crippen LogP contribution >= 0.6 is 0 Å². The molecule has 1 aromatic rings. The van der Waals surface area contributed by atoms with Gasteiger partial charge in [-0.15, -0.1) is 0 Å². The Morgan fingerprint density at radius 3 is 2.26 bits per heavy atom. The zero-order valence-corrected chi connectivity index (χ0v) is 12.6. The minimum absolute atomic E-state index is 0.0254. The van der Waals surface area contributed by atoms with Crippen molar-refractivity contribution in [1.29, 1.82) is 0 Å². The van der Waals surface area contributed by atoms with E-state index >= 15 is 0 Å². The Morgan fingerprint density at radius 1 is 1.21 bits per heavy atom. The van der Waals surface area contributed by atoms with Gasteiger partial charge in [0.2, 0.25) is 5.91 Å². The van der Waals surface area contributed by atoms with Crippen molar-refractivity contribution in [1.82, 2.24) is 10.6 Å². The summed E-state index contributed by atoms with van der Waals surface area (Å²) in [5.74, 6) is 0.0254. The van der Waals surface area contributed by atoms with Crippen LogP contribution in [0.4, 0.5) is 5.69 Å². The van der Waals surface area contributed by atoms with E-state index in [4.69, 9.17) is 0 Å². The zero-order chi connectivity index (χ0) is 14.5. The van der Waals surface area contributed by atoms with Gasteiger partial charge in [-0.25, -0.2) is 0 Å². The van der Waals surface area contributed by atoms with Gasteiger partial charge in [-0.05, 0) is 45.0 Å². The highest BCUT2D eigenvalue weighted by molar-refractivity contribution is 5.78. The molecule has 0 spiro atoms. The Labute approximate surface area is 116 Å². The maximum absolute atomic E-state index is 11.6. The first-order valence-electron chi connectivity index (χ1n) is 6.56. The third-order valence-corrected chi connectivity index (χ3v) is 2.91. The molecule has 0 radical (unpaired) electrons. The fourth-order valence-electron chi connectivity index (χ4n) is 2.05. The fraction of sp³-hybridized carbons (Fsp3) is 0.533. The van der Waals surface area contributed by atoms with E-state index in [2.05, 4.69) is 39.8 Å². The maximum Gasteiger partial charge on any atom is 0.234 e. The molecule has 0 aliphatic rings. The van der Waals surface area contributed by atoms with Gasteiger partial charge in [0.05, 0.1) is 6.54 Å². The van der Waals surface area contributed by atoms with Crippen molar-refractivity contribution < 1.29 is 4.79 Å². The van der Waals surface area contributed by atoms with Crippen molar-refractivity contribution in [2.75, 3.05) is 32.6 Å². The lowest BCUT2D eigenvalue weighted by Gasteiger charge is -2.26. The number of amides is 1. The third kappa shape index (κ3) is 5.30. The summed E-state index contributed by atoms with van der Waals surface area (Å²) in [4.78, 5) is 13.7. The topological polar surface area (TPSA) is 44.4 Å². The van der Waals surface area contributed by atoms with Gasteiger partial charge in [-0.3, -0.25) is 4.79 Å². The summed E-state index contributed by atoms with van der Waals surface area (Å²) in [5.41, 5.74) is 2.16. The summed E-state index contributed by atoms with van der Waals surface area (Å²) in [6.45, 7) is 4.43. The van der Waals surface area contributed by atoms with Crippen molar-refractivity contribution in [2.45, 2.75) is 25.8 Å². The highest BCUT2D eigenvalue weighted by Gasteiger charge is 2.20. The Kier molecular flexibility index (Phi) is 5.36. The van der Waals surface area contributed by atoms with E-state index in [0.717, 1.165) is 6.42 Å². The van der Waals surface area contributed by atoms with Crippen LogP contribution in [0.5, 0.6) is 0 Å². The smallest absolute Gasteiger partial charge is 0.234 e. The lowest BCUT2D eigenvalue weighted by atomic mass is 9.94. The standard InChI is InChI=1S/C15H25N3O/c1-15(2,17-14(19)11-16-3)10-12-6-8-13(9-7-12)18(4)5/h6-9,16H,10-11H2,1-5H3,(H,17,19). The van der Waals surface area contributed by atoms with E-state index in [9.17, 15) is 4.79 Å². The number of hydrogen-bond acceptors (Lipinski definition) is 3. The monoisotopic (exact) mass is 263 g/mol. The molecule has 0 fully saturated rings. The molecule has 4 nitrogen and oxygen atoms in total. The van der Waals surface area contributed by atoms with Gasteiger partial charge in [0.25, 0.3) is 0 Å². The van der Waals surface area contributed by atoms with Crippen molar-refractivity contribution in [3.63, 3.8) is 0 Å². The largest absolute Gasteiger partial charge is 0.378 e. The molecule has 1 aromatic carbocycles. The minimum atomic E-state index is -0.242. The molecule has 0 unspecified atom stereocenters. The second kappa shape index (κ2) is 6.57. The molecule has 1 rings (SSSR count). The van der Waals surface area contributed by atoms with Gasteiger partial charge in [-0.2, -0.15) is 0 Å². The number of nitrogens with zero attached hydrogens (tertiary/aromatic N) is 1. The van der Waals surface area contributed by atoms with Crippen LogP contribution < -0.4 is 15.5 Å². The third-order valence-electron chi connectivity index (χ3n) is 2.91. The van der Waals surface area contributed by atoms with Gasteiger partial charge >= 0.3 is 0 Å². The normalized spacial score (nSPS) is 11.2. The molecule has 0 saturated heterocycles. The summed E-state index contributed by atoms with van der Waals surface area (Å²) in [5, 5.41) is 5.89. The molecule has 2 N–H and O–H groups in total. The Bertz CT molecular complexity index is 410. The van der Waals surface area contributed by atoms with E-state index in [0.29, 0.717) is 6.54 Å². The quantitative estimate of drug-likeness (QED) is 0.815. The number of likely N-dealkylation sites (N-methyl/N-ethyl adjacent to an activating group) is 1. The second-order valence-corrected chi connectivity index (χ2v) is 5.70. The molecule has 1 amide bonds. The Morgan fingerprint density at radius 2 is 1.79 bits per heavy atom. The molecule has 106 valence electrons. The number of carbonyl (C=O) groups is 1. The minimum Gasteiger partial charge on any atom is -0.378 e. The lowest BCUT2D eigenvalue weighted by molar-refractivity contribution is -0.121. The summed E-state index contributed by atoms with van der Waals surface area (Å²) < 4.78 is 0. The van der Waals surface area contributed by atoms with Gasteiger partial charge in [-0.1, -0.05) is 12.1 Å². The zero-order valence-electron chi connectivity index (χ0n) is 12.6. The molecule has 0 bridgehead atoms. The number of hydrogen-bond donors (Lipinski definition) is 2. The fourth-order valence-corrected chi connectivity index (χ4v) is 2.05. The van der Waals surface area contributed by atoms with Crippen LogP contribution in [-0.2, 0) is 11.2 Å². The average Bonchev–Trinajstić information content (AvgIpc) is 2.28. The van der Waals surface area contributed by atoms with E-state index in [1.807, 2.05) is 27.9 Å². The Balaban J connectivity index is 2.64. The molecule has 0 aliphatic carbocycles. The highest BCUT2D eigenvalue weighted by Crippen LogP contribution is 2.17. The summed E-state index contributed by atoms with van der Waals surface area (Å²) in [6, 6.07) is 8.42. The van der Waals surface area contributed by atoms with Gasteiger partial charge < -0.3 is 15.5 Å². The molecule has 19 heavy (non-hydrogen) atoms. The van der Waals surface area contributed by atoms with Crippen LogP contribution in [0.15, 0.2) is 24.3 Å². The van der Waals surface area contributed by atoms with E-state index in [1.165, 1.54) is 11.3 Å². The van der Waals surface area contributed by atoms with Crippen LogP contribution in [0.2, 0.25) is 0 Å². The number of benzene rings is 1. The summed E-state index contributed by atoms with van der Waals surface area (Å²) >= 11 is 0. The van der Waals surface area contributed by atoms with Crippen LogP contribution in [0.25, 0.3) is 0 Å². The Hall–Kier alpha value is -1.55. The molecule has 0 atom stereocenters. The van der Waals surface area contributed by atoms with E-state index in [-0.39, 0.29) is 11.4 Å². The van der Waals surface area contributed by atoms with Crippen LogP contribution in [0.1, 0.15) is 19.4 Å². The predicted molar refractivity (Wildman–Crippen MR) is 80.6 cm³/mol. The number of rotatable bonds is 6. The van der Waals surface area contributed by atoms with E-state index in [1.54, 1.807) is 7.05 Å². The van der Waals surface area contributed by atoms with Gasteiger partial charge in [0, 0.05) is 25.3 Å². The van der Waals surface area contributed by atoms with Crippen LogP contribution in [-0.4, -0.2) is 39.1 Å². The number of nitrogens with one attached hydrogen (secondary N) is 2. The SMILES string of the molecule is CNCC(=O)NC(C)(C)Cc1ccc(N(C)C)cc1. The summed E-state index contributed by atoms with van der Waals surface area (Å²) in [6.07, 6.45) is 0.816. The molecule has 0 aliphatic heterocycles. The first kappa shape index (κ1) is 15.5. The second-order valence-electron chi connectivity index (χ2n) is 5.70. The maximum atomic E-state index is 11.6. The molecule has 0 heterocycles. The van der Waals surface area contributed by atoms with Crippen molar-refractivity contribution in [3.05, 3.63) is 29.8 Å². The average molecular weight is 263 g/mol. The van der Waals surface area contributed by atoms with Gasteiger partial charge in [0.15, 0.2) is 0 Å². The summed E-state index contributed by atoms with van der Waals surface area (Å²) in [7, 11) is 5.82. The van der Waals surface area contributed by atoms with Crippen LogP contribution in [0.3, 0.4) is 0 Å². The highest BCUT2D eigenvalue weighted by atomic mass is 16.2. The molecule has 4 heteroatoms.